The van der Waals surface area contributed by atoms with Gasteiger partial charge in [-0.15, -0.1) is 0 Å². The molecular weight excluding hydrogens is 404 g/mol. The average molecular weight is 433 g/mol. The van der Waals surface area contributed by atoms with Crippen LogP contribution in [-0.2, 0) is 18.4 Å². The molecule has 1 aliphatic rings. The van der Waals surface area contributed by atoms with E-state index in [1.807, 2.05) is 6.92 Å². The Balaban J connectivity index is 1.53. The lowest BCUT2D eigenvalue weighted by atomic mass is 10.0. The molecule has 2 amide bonds. The van der Waals surface area contributed by atoms with E-state index in [-0.39, 0.29) is 17.9 Å². The van der Waals surface area contributed by atoms with Gasteiger partial charge in [0.25, 0.3) is 5.91 Å². The fraction of sp³-hybridized carbons (Fsp3) is 0.524. The lowest BCUT2D eigenvalue weighted by Gasteiger charge is -2.31. The molecule has 0 atom stereocenters. The molecule has 1 aliphatic heterocycles. The van der Waals surface area contributed by atoms with Crippen molar-refractivity contribution in [2.45, 2.75) is 46.2 Å². The van der Waals surface area contributed by atoms with Crippen LogP contribution in [0, 0.1) is 12.8 Å². The Morgan fingerprint density at radius 1 is 1.33 bits per heavy atom. The van der Waals surface area contributed by atoms with Gasteiger partial charge in [0, 0.05) is 50.6 Å². The number of carbonyl (C=O) groups excluding carboxylic acids is 2. The monoisotopic (exact) mass is 432 g/mol. The summed E-state index contributed by atoms with van der Waals surface area (Å²) in [6.07, 6.45) is 7.99. The highest BCUT2D eigenvalue weighted by Crippen LogP contribution is 2.22. The molecule has 30 heavy (non-hydrogen) atoms. The number of piperidine rings is 1. The molecule has 0 unspecified atom stereocenters. The molecule has 1 fully saturated rings. The van der Waals surface area contributed by atoms with Crippen LogP contribution in [0.5, 0.6) is 0 Å². The van der Waals surface area contributed by atoms with Gasteiger partial charge < -0.3 is 10.2 Å². The molecule has 9 heteroatoms. The van der Waals surface area contributed by atoms with E-state index < -0.39 is 0 Å². The third-order valence-corrected chi connectivity index (χ3v) is 5.55. The van der Waals surface area contributed by atoms with Crippen molar-refractivity contribution in [3.05, 3.63) is 40.4 Å². The van der Waals surface area contributed by atoms with E-state index in [2.05, 4.69) is 29.4 Å². The van der Waals surface area contributed by atoms with E-state index in [9.17, 15) is 9.59 Å². The zero-order valence-electron chi connectivity index (χ0n) is 17.9. The number of halogens is 1. The fourth-order valence-electron chi connectivity index (χ4n) is 3.53. The molecule has 3 rings (SSSR count). The summed E-state index contributed by atoms with van der Waals surface area (Å²) < 4.78 is 3.38. The van der Waals surface area contributed by atoms with Crippen LogP contribution in [0.3, 0.4) is 0 Å². The van der Waals surface area contributed by atoms with Gasteiger partial charge in [-0.05, 0) is 31.8 Å². The van der Waals surface area contributed by atoms with Crippen molar-refractivity contribution in [3.63, 3.8) is 0 Å². The summed E-state index contributed by atoms with van der Waals surface area (Å²) in [5, 5.41) is 12.1. The standard InChI is InChI=1S/C21H29ClN6O2/c1-14(2)12-28-20(22)18(15(3)25-28)5-6-19(29)27-9-7-17(8-10-27)24-21(30)16-11-23-26(4)13-16/h5-6,11,13-14,17H,7-10,12H2,1-4H3,(H,24,30)/b6-5+. The highest BCUT2D eigenvalue weighted by atomic mass is 35.5. The van der Waals surface area contributed by atoms with Crippen LogP contribution < -0.4 is 5.32 Å². The van der Waals surface area contributed by atoms with Crippen LogP contribution >= 0.6 is 11.6 Å². The van der Waals surface area contributed by atoms with Crippen molar-refractivity contribution in [2.75, 3.05) is 13.1 Å². The van der Waals surface area contributed by atoms with Crippen LogP contribution in [0.25, 0.3) is 6.08 Å². The Morgan fingerprint density at radius 2 is 2.03 bits per heavy atom. The third kappa shape index (κ3) is 5.30. The van der Waals surface area contributed by atoms with Gasteiger partial charge in [0.2, 0.25) is 5.91 Å². The normalized spacial score (nSPS) is 15.3. The average Bonchev–Trinajstić information content (AvgIpc) is 3.24. The van der Waals surface area contributed by atoms with Gasteiger partial charge in [-0.3, -0.25) is 19.0 Å². The van der Waals surface area contributed by atoms with Crippen LogP contribution in [-0.4, -0.2) is 55.4 Å². The minimum absolute atomic E-state index is 0.0525. The smallest absolute Gasteiger partial charge is 0.254 e. The summed E-state index contributed by atoms with van der Waals surface area (Å²) in [5.74, 6) is 0.246. The number of aryl methyl sites for hydroxylation is 2. The SMILES string of the molecule is Cc1nn(CC(C)C)c(Cl)c1/C=C/C(=O)N1CCC(NC(=O)c2cnn(C)c2)CC1. The molecule has 2 aromatic rings. The molecule has 0 spiro atoms. The predicted octanol–water partition coefficient (Wildman–Crippen LogP) is 2.67. The van der Waals surface area contributed by atoms with Crippen molar-refractivity contribution in [3.8, 4) is 0 Å². The number of carbonyl (C=O) groups is 2. The molecule has 3 heterocycles. The summed E-state index contributed by atoms with van der Waals surface area (Å²) in [4.78, 5) is 26.7. The highest BCUT2D eigenvalue weighted by molar-refractivity contribution is 6.31. The van der Waals surface area contributed by atoms with Crippen molar-refractivity contribution in [1.82, 2.24) is 29.8 Å². The molecule has 8 nitrogen and oxygen atoms in total. The van der Waals surface area contributed by atoms with Crippen LogP contribution in [0.2, 0.25) is 5.15 Å². The first-order chi connectivity index (χ1) is 14.2. The number of nitrogens with one attached hydrogen (secondary N) is 1. The number of amides is 2. The summed E-state index contributed by atoms with van der Waals surface area (Å²) in [6.45, 7) is 8.04. The second-order valence-electron chi connectivity index (χ2n) is 8.17. The molecular formula is C21H29ClN6O2. The molecule has 0 saturated carbocycles. The maximum atomic E-state index is 12.6. The van der Waals surface area contributed by atoms with E-state index in [1.165, 1.54) is 0 Å². The van der Waals surface area contributed by atoms with Crippen molar-refractivity contribution >= 4 is 29.5 Å². The Kier molecular flexibility index (Phi) is 6.97. The molecule has 1 N–H and O–H groups in total. The molecule has 2 aromatic heterocycles. The van der Waals surface area contributed by atoms with Crippen molar-refractivity contribution in [1.29, 1.82) is 0 Å². The number of nitrogens with zero attached hydrogens (tertiary/aromatic N) is 5. The first kappa shape index (κ1) is 22.1. The van der Waals surface area contributed by atoms with Crippen LogP contribution in [0.4, 0.5) is 0 Å². The van der Waals surface area contributed by atoms with Gasteiger partial charge in [-0.25, -0.2) is 0 Å². The first-order valence-electron chi connectivity index (χ1n) is 10.2. The number of likely N-dealkylation sites (tertiary alicyclic amines) is 1. The van der Waals surface area contributed by atoms with E-state index >= 15 is 0 Å². The van der Waals surface area contributed by atoms with E-state index in [4.69, 9.17) is 11.6 Å². The zero-order chi connectivity index (χ0) is 21.8. The van der Waals surface area contributed by atoms with Crippen LogP contribution in [0.15, 0.2) is 18.5 Å². The van der Waals surface area contributed by atoms with Crippen molar-refractivity contribution in [2.24, 2.45) is 13.0 Å². The Hall–Kier alpha value is -2.61. The van der Waals surface area contributed by atoms with E-state index in [0.717, 1.165) is 30.6 Å². The second kappa shape index (κ2) is 9.47. The Labute approximate surface area is 181 Å². The summed E-state index contributed by atoms with van der Waals surface area (Å²) >= 11 is 6.44. The van der Waals surface area contributed by atoms with Crippen molar-refractivity contribution < 1.29 is 9.59 Å². The zero-order valence-corrected chi connectivity index (χ0v) is 18.7. The van der Waals surface area contributed by atoms with Crippen LogP contribution in [0.1, 0.15) is 48.3 Å². The fourth-order valence-corrected chi connectivity index (χ4v) is 3.84. The van der Waals surface area contributed by atoms with Gasteiger partial charge in [0.15, 0.2) is 0 Å². The maximum Gasteiger partial charge on any atom is 0.254 e. The molecule has 0 radical (unpaired) electrons. The van der Waals surface area contributed by atoms with E-state index in [0.29, 0.717) is 29.7 Å². The molecule has 162 valence electrons. The Morgan fingerprint density at radius 3 is 2.63 bits per heavy atom. The van der Waals surface area contributed by atoms with Gasteiger partial charge >= 0.3 is 0 Å². The topological polar surface area (TPSA) is 85.1 Å². The Bertz CT molecular complexity index is 937. The number of aromatic nitrogens is 4. The van der Waals surface area contributed by atoms with E-state index in [1.54, 1.807) is 45.9 Å². The van der Waals surface area contributed by atoms with Gasteiger partial charge in [0.1, 0.15) is 5.15 Å². The number of hydrogen-bond donors (Lipinski definition) is 1. The molecule has 0 aromatic carbocycles. The molecule has 0 aliphatic carbocycles. The summed E-state index contributed by atoms with van der Waals surface area (Å²) in [6, 6.07) is 0.0525. The highest BCUT2D eigenvalue weighted by Gasteiger charge is 2.23. The molecule has 1 saturated heterocycles. The number of hydrogen-bond acceptors (Lipinski definition) is 4. The summed E-state index contributed by atoms with van der Waals surface area (Å²) in [7, 11) is 1.78. The lowest BCUT2D eigenvalue weighted by Crippen LogP contribution is -2.46. The largest absolute Gasteiger partial charge is 0.349 e. The first-order valence-corrected chi connectivity index (χ1v) is 10.6. The summed E-state index contributed by atoms with van der Waals surface area (Å²) in [5.41, 5.74) is 2.13. The van der Waals surface area contributed by atoms with Gasteiger partial charge in [-0.1, -0.05) is 25.4 Å². The third-order valence-electron chi connectivity index (χ3n) is 5.15. The van der Waals surface area contributed by atoms with Gasteiger partial charge in [-0.2, -0.15) is 10.2 Å². The predicted molar refractivity (Wildman–Crippen MR) is 116 cm³/mol. The van der Waals surface area contributed by atoms with Gasteiger partial charge in [0.05, 0.1) is 17.5 Å². The maximum absolute atomic E-state index is 12.6. The second-order valence-corrected chi connectivity index (χ2v) is 8.53. The lowest BCUT2D eigenvalue weighted by molar-refractivity contribution is -0.126. The number of rotatable bonds is 6. The molecule has 0 bridgehead atoms. The minimum Gasteiger partial charge on any atom is -0.349 e. The quantitative estimate of drug-likeness (QED) is 0.711. The minimum atomic E-state index is -0.128.